The van der Waals surface area contributed by atoms with E-state index in [0.717, 1.165) is 42.4 Å². The van der Waals surface area contributed by atoms with Crippen LogP contribution in [0.3, 0.4) is 0 Å². The number of hydrogen-bond acceptors (Lipinski definition) is 1. The van der Waals surface area contributed by atoms with Crippen molar-refractivity contribution in [1.82, 2.24) is 0 Å². The van der Waals surface area contributed by atoms with Gasteiger partial charge in [-0.2, -0.15) is 0 Å². The van der Waals surface area contributed by atoms with E-state index in [4.69, 9.17) is 0 Å². The summed E-state index contributed by atoms with van der Waals surface area (Å²) in [5.41, 5.74) is 1.52. The molecule has 166 valence electrons. The second-order valence-corrected chi connectivity index (χ2v) is 13.1. The van der Waals surface area contributed by atoms with Gasteiger partial charge in [0.1, 0.15) is 5.78 Å². The molecule has 0 aromatic heterocycles. The number of Topliss-reactive ketones (excluding diaryl/α,β-unsaturated/α-hetero) is 1. The Kier molecular flexibility index (Phi) is 5.79. The zero-order chi connectivity index (χ0) is 21.0. The van der Waals surface area contributed by atoms with Gasteiger partial charge in [-0.05, 0) is 96.7 Å². The van der Waals surface area contributed by atoms with Crippen molar-refractivity contribution in [2.24, 2.45) is 51.8 Å². The molecule has 0 spiro atoms. The van der Waals surface area contributed by atoms with E-state index in [1.807, 2.05) is 0 Å². The van der Waals surface area contributed by atoms with Gasteiger partial charge >= 0.3 is 0 Å². The fourth-order valence-electron chi connectivity index (χ4n) is 9.46. The van der Waals surface area contributed by atoms with Crippen LogP contribution in [0.4, 0.5) is 0 Å². The molecule has 1 nitrogen and oxygen atoms in total. The van der Waals surface area contributed by atoms with Crippen LogP contribution in [0.5, 0.6) is 0 Å². The highest BCUT2D eigenvalue weighted by Crippen LogP contribution is 2.73. The van der Waals surface area contributed by atoms with E-state index in [1.165, 1.54) is 64.2 Å². The number of hydrogen-bond donors (Lipinski definition) is 0. The summed E-state index contributed by atoms with van der Waals surface area (Å²) in [6.45, 7) is 15.3. The fourth-order valence-corrected chi connectivity index (χ4v) is 9.46. The number of fused-ring (bicyclic) bond motifs is 5. The first kappa shape index (κ1) is 21.9. The van der Waals surface area contributed by atoms with Crippen molar-refractivity contribution in [3.05, 3.63) is 0 Å². The maximum absolute atomic E-state index is 12.2. The minimum atomic E-state index is 0.447. The molecule has 0 unspecified atom stereocenters. The third-order valence-corrected chi connectivity index (χ3v) is 11.5. The van der Waals surface area contributed by atoms with Crippen LogP contribution >= 0.6 is 0 Å². The van der Waals surface area contributed by atoms with Crippen molar-refractivity contribution in [3.8, 4) is 0 Å². The highest BCUT2D eigenvalue weighted by Gasteiger charge is 2.65. The minimum Gasteiger partial charge on any atom is -0.300 e. The van der Waals surface area contributed by atoms with E-state index in [0.29, 0.717) is 27.9 Å². The van der Waals surface area contributed by atoms with Crippen LogP contribution in [0.15, 0.2) is 0 Å². The molecule has 0 saturated heterocycles. The Bertz CT molecular complexity index is 622. The molecule has 4 aliphatic rings. The SMILES string of the molecule is CC(C)CCC[C@@H](C)[C@H]1CC[C@@]2(C)[C@@H]3CC[C@H]4CC(=O)CC[C@]4(C)[C@H]3CC[C@]12C. The summed E-state index contributed by atoms with van der Waals surface area (Å²) in [5, 5.41) is 0. The normalized spacial score (nSPS) is 48.2. The molecule has 4 aliphatic carbocycles. The Morgan fingerprint density at radius 2 is 1.59 bits per heavy atom. The highest BCUT2D eigenvalue weighted by atomic mass is 16.1. The van der Waals surface area contributed by atoms with Gasteiger partial charge in [-0.15, -0.1) is 0 Å². The van der Waals surface area contributed by atoms with Gasteiger partial charge in [-0.25, -0.2) is 0 Å². The molecule has 0 aromatic rings. The van der Waals surface area contributed by atoms with E-state index < -0.39 is 0 Å². The number of ketones is 1. The summed E-state index contributed by atoms with van der Waals surface area (Å²) in [6, 6.07) is 0. The summed E-state index contributed by atoms with van der Waals surface area (Å²) in [6.07, 6.45) is 15.7. The molecule has 0 bridgehead atoms. The van der Waals surface area contributed by atoms with Gasteiger partial charge in [0.2, 0.25) is 0 Å². The van der Waals surface area contributed by atoms with Gasteiger partial charge in [0.25, 0.3) is 0 Å². The van der Waals surface area contributed by atoms with Crippen LogP contribution in [0, 0.1) is 51.8 Å². The van der Waals surface area contributed by atoms with E-state index >= 15 is 0 Å². The maximum atomic E-state index is 12.2. The second kappa shape index (κ2) is 7.67. The fraction of sp³-hybridized carbons (Fsp3) is 0.964. The Balaban J connectivity index is 1.53. The lowest BCUT2D eigenvalue weighted by Gasteiger charge is -2.64. The zero-order valence-corrected chi connectivity index (χ0v) is 20.4. The topological polar surface area (TPSA) is 17.1 Å². The van der Waals surface area contributed by atoms with Crippen LogP contribution in [0.2, 0.25) is 0 Å². The van der Waals surface area contributed by atoms with E-state index in [9.17, 15) is 4.79 Å². The summed E-state index contributed by atoms with van der Waals surface area (Å²) in [4.78, 5) is 12.2. The van der Waals surface area contributed by atoms with Crippen molar-refractivity contribution >= 4 is 5.78 Å². The summed E-state index contributed by atoms with van der Waals surface area (Å²) in [5.74, 6) is 5.68. The highest BCUT2D eigenvalue weighted by molar-refractivity contribution is 5.79. The molecule has 0 amide bonds. The summed E-state index contributed by atoms with van der Waals surface area (Å²) >= 11 is 0. The van der Waals surface area contributed by atoms with Crippen molar-refractivity contribution in [2.75, 3.05) is 0 Å². The minimum absolute atomic E-state index is 0.447. The number of carbonyl (C=O) groups is 1. The average Bonchev–Trinajstić information content (AvgIpc) is 2.93. The molecule has 8 atom stereocenters. The zero-order valence-electron chi connectivity index (χ0n) is 20.4. The molecule has 0 heterocycles. The lowest BCUT2D eigenvalue weighted by Crippen LogP contribution is -2.57. The maximum Gasteiger partial charge on any atom is 0.133 e. The Labute approximate surface area is 181 Å². The average molecular weight is 401 g/mol. The van der Waals surface area contributed by atoms with Gasteiger partial charge in [0.05, 0.1) is 0 Å². The second-order valence-electron chi connectivity index (χ2n) is 13.1. The molecule has 29 heavy (non-hydrogen) atoms. The van der Waals surface area contributed by atoms with E-state index in [2.05, 4.69) is 41.5 Å². The summed E-state index contributed by atoms with van der Waals surface area (Å²) < 4.78 is 0. The van der Waals surface area contributed by atoms with Crippen molar-refractivity contribution in [3.63, 3.8) is 0 Å². The standard InChI is InChI=1S/C28H48O/c1-19(2)8-7-9-20(3)23-13-16-28(6)25-11-10-21-18-22(29)12-15-26(21,4)24(25)14-17-27(23,28)5/h19-21,23-25H,7-18H2,1-6H3/t20-,21+,23-,24+,25-,26+,27-,28+/m1/s1. The van der Waals surface area contributed by atoms with Gasteiger partial charge in [0, 0.05) is 12.8 Å². The van der Waals surface area contributed by atoms with Gasteiger partial charge in [-0.1, -0.05) is 60.8 Å². The van der Waals surface area contributed by atoms with Crippen LogP contribution in [0.1, 0.15) is 119 Å². The largest absolute Gasteiger partial charge is 0.300 e. The molecule has 0 aromatic carbocycles. The first-order valence-corrected chi connectivity index (χ1v) is 13.1. The van der Waals surface area contributed by atoms with Gasteiger partial charge < -0.3 is 0 Å². The Hall–Kier alpha value is -0.330. The van der Waals surface area contributed by atoms with Crippen LogP contribution in [-0.4, -0.2) is 5.78 Å². The molecule has 1 heteroatoms. The summed E-state index contributed by atoms with van der Waals surface area (Å²) in [7, 11) is 0. The number of carbonyl (C=O) groups excluding carboxylic acids is 1. The number of rotatable bonds is 5. The van der Waals surface area contributed by atoms with Crippen molar-refractivity contribution < 1.29 is 4.79 Å². The molecular weight excluding hydrogens is 352 g/mol. The smallest absolute Gasteiger partial charge is 0.133 e. The Morgan fingerprint density at radius 3 is 2.31 bits per heavy atom. The molecule has 4 fully saturated rings. The van der Waals surface area contributed by atoms with E-state index in [1.54, 1.807) is 0 Å². The third kappa shape index (κ3) is 3.36. The van der Waals surface area contributed by atoms with Gasteiger partial charge in [-0.3, -0.25) is 4.79 Å². The molecule has 0 N–H and O–H groups in total. The van der Waals surface area contributed by atoms with Crippen molar-refractivity contribution in [1.29, 1.82) is 0 Å². The monoisotopic (exact) mass is 400 g/mol. The predicted molar refractivity (Wildman–Crippen MR) is 123 cm³/mol. The lowest BCUT2D eigenvalue weighted by atomic mass is 9.40. The molecule has 4 rings (SSSR count). The van der Waals surface area contributed by atoms with Crippen molar-refractivity contribution in [2.45, 2.75) is 119 Å². The van der Waals surface area contributed by atoms with Crippen LogP contribution in [0.25, 0.3) is 0 Å². The van der Waals surface area contributed by atoms with Crippen LogP contribution in [-0.2, 0) is 4.79 Å². The molecule has 4 saturated carbocycles. The first-order chi connectivity index (χ1) is 13.6. The molecular formula is C28H48O. The van der Waals surface area contributed by atoms with E-state index in [-0.39, 0.29) is 0 Å². The third-order valence-electron chi connectivity index (χ3n) is 11.5. The Morgan fingerprint density at radius 1 is 0.862 bits per heavy atom. The lowest BCUT2D eigenvalue weighted by molar-refractivity contribution is -0.162. The quantitative estimate of drug-likeness (QED) is 0.456. The van der Waals surface area contributed by atoms with Crippen LogP contribution < -0.4 is 0 Å². The molecule has 0 radical (unpaired) electrons. The predicted octanol–water partition coefficient (Wildman–Crippen LogP) is 8.07. The van der Waals surface area contributed by atoms with Gasteiger partial charge in [0.15, 0.2) is 0 Å². The first-order valence-electron chi connectivity index (χ1n) is 13.1. The molecule has 0 aliphatic heterocycles.